The summed E-state index contributed by atoms with van der Waals surface area (Å²) >= 11 is 3.27. The molecule has 0 aliphatic carbocycles. The summed E-state index contributed by atoms with van der Waals surface area (Å²) in [5, 5.41) is 2.95. The van der Waals surface area contributed by atoms with Gasteiger partial charge in [0, 0.05) is 11.1 Å². The van der Waals surface area contributed by atoms with Crippen LogP contribution in [0.2, 0.25) is 0 Å². The van der Waals surface area contributed by atoms with Gasteiger partial charge in [-0.25, -0.2) is 0 Å². The van der Waals surface area contributed by atoms with Gasteiger partial charge in [-0.2, -0.15) is 13.2 Å². The molecule has 1 aromatic rings. The minimum Gasteiger partial charge on any atom is -0.380 e. The summed E-state index contributed by atoms with van der Waals surface area (Å²) in [6, 6.07) is 3.33. The SMILES string of the molecule is CCOCC(NC)c1cc(C(F)(F)F)ccc1Br. The zero-order valence-electron chi connectivity index (χ0n) is 10.1. The number of halogens is 4. The molecule has 0 saturated carbocycles. The van der Waals surface area contributed by atoms with Crippen LogP contribution in [0.25, 0.3) is 0 Å². The van der Waals surface area contributed by atoms with Crippen molar-refractivity contribution in [3.05, 3.63) is 33.8 Å². The van der Waals surface area contributed by atoms with E-state index in [-0.39, 0.29) is 6.04 Å². The maximum atomic E-state index is 12.7. The molecule has 1 unspecified atom stereocenters. The molecule has 0 spiro atoms. The Hall–Kier alpha value is -0.590. The molecule has 18 heavy (non-hydrogen) atoms. The van der Waals surface area contributed by atoms with Crippen molar-refractivity contribution in [2.45, 2.75) is 19.1 Å². The van der Waals surface area contributed by atoms with Crippen LogP contribution in [-0.4, -0.2) is 20.3 Å². The summed E-state index contributed by atoms with van der Waals surface area (Å²) in [5.74, 6) is 0. The molecule has 6 heteroatoms. The highest BCUT2D eigenvalue weighted by Crippen LogP contribution is 2.33. The third-order valence-electron chi connectivity index (χ3n) is 2.54. The molecule has 1 N–H and O–H groups in total. The zero-order valence-corrected chi connectivity index (χ0v) is 11.7. The monoisotopic (exact) mass is 325 g/mol. The molecule has 0 aromatic heterocycles. The van der Waals surface area contributed by atoms with E-state index in [0.29, 0.717) is 23.2 Å². The van der Waals surface area contributed by atoms with Crippen LogP contribution in [0, 0.1) is 0 Å². The summed E-state index contributed by atoms with van der Waals surface area (Å²) in [7, 11) is 1.69. The van der Waals surface area contributed by atoms with Gasteiger partial charge in [0.1, 0.15) is 0 Å². The van der Waals surface area contributed by atoms with E-state index in [0.717, 1.165) is 12.1 Å². The largest absolute Gasteiger partial charge is 0.416 e. The van der Waals surface area contributed by atoms with Gasteiger partial charge in [-0.05, 0) is 37.7 Å². The number of hydrogen-bond acceptors (Lipinski definition) is 2. The second-order valence-electron chi connectivity index (χ2n) is 3.73. The van der Waals surface area contributed by atoms with Crippen molar-refractivity contribution in [2.75, 3.05) is 20.3 Å². The topological polar surface area (TPSA) is 21.3 Å². The van der Waals surface area contributed by atoms with E-state index in [1.807, 2.05) is 6.92 Å². The quantitative estimate of drug-likeness (QED) is 0.889. The summed E-state index contributed by atoms with van der Waals surface area (Å²) in [6.45, 7) is 2.69. The summed E-state index contributed by atoms with van der Waals surface area (Å²) < 4.78 is 43.8. The predicted octanol–water partition coefficient (Wildman–Crippen LogP) is 3.76. The second-order valence-corrected chi connectivity index (χ2v) is 4.59. The van der Waals surface area contributed by atoms with Crippen molar-refractivity contribution in [3.63, 3.8) is 0 Å². The van der Waals surface area contributed by atoms with Crippen LogP contribution in [0.15, 0.2) is 22.7 Å². The van der Waals surface area contributed by atoms with Gasteiger partial charge >= 0.3 is 6.18 Å². The Kier molecular flexibility index (Phi) is 5.62. The first-order chi connectivity index (χ1) is 8.40. The molecule has 0 fully saturated rings. The maximum Gasteiger partial charge on any atom is 0.416 e. The lowest BCUT2D eigenvalue weighted by molar-refractivity contribution is -0.137. The van der Waals surface area contributed by atoms with Gasteiger partial charge in [0.15, 0.2) is 0 Å². The summed E-state index contributed by atoms with van der Waals surface area (Å²) in [4.78, 5) is 0. The Morgan fingerprint density at radius 2 is 2.06 bits per heavy atom. The van der Waals surface area contributed by atoms with Crippen LogP contribution in [-0.2, 0) is 10.9 Å². The third-order valence-corrected chi connectivity index (χ3v) is 3.26. The highest BCUT2D eigenvalue weighted by Gasteiger charge is 2.31. The van der Waals surface area contributed by atoms with Gasteiger partial charge in [-0.3, -0.25) is 0 Å². The Labute approximate surface area is 113 Å². The van der Waals surface area contributed by atoms with Gasteiger partial charge < -0.3 is 10.1 Å². The van der Waals surface area contributed by atoms with E-state index in [9.17, 15) is 13.2 Å². The number of hydrogen-bond donors (Lipinski definition) is 1. The van der Waals surface area contributed by atoms with E-state index < -0.39 is 11.7 Å². The molecule has 0 saturated heterocycles. The fourth-order valence-corrected chi connectivity index (χ4v) is 2.07. The van der Waals surface area contributed by atoms with Gasteiger partial charge in [0.25, 0.3) is 0 Å². The predicted molar refractivity (Wildman–Crippen MR) is 67.4 cm³/mol. The molecule has 102 valence electrons. The molecule has 1 atom stereocenters. The third kappa shape index (κ3) is 3.96. The first kappa shape index (κ1) is 15.5. The number of alkyl halides is 3. The summed E-state index contributed by atoms with van der Waals surface area (Å²) in [6.07, 6.45) is -4.33. The Morgan fingerprint density at radius 3 is 2.56 bits per heavy atom. The van der Waals surface area contributed by atoms with Gasteiger partial charge in [0.05, 0.1) is 18.2 Å². The van der Waals surface area contributed by atoms with E-state index >= 15 is 0 Å². The van der Waals surface area contributed by atoms with Crippen molar-refractivity contribution in [2.24, 2.45) is 0 Å². The molecule has 0 amide bonds. The van der Waals surface area contributed by atoms with Crippen LogP contribution in [0.4, 0.5) is 13.2 Å². The normalized spacial score (nSPS) is 13.7. The van der Waals surface area contributed by atoms with Crippen LogP contribution in [0.3, 0.4) is 0 Å². The van der Waals surface area contributed by atoms with E-state index in [4.69, 9.17) is 4.74 Å². The Balaban J connectivity index is 3.05. The van der Waals surface area contributed by atoms with Crippen LogP contribution >= 0.6 is 15.9 Å². The maximum absolute atomic E-state index is 12.7. The molecule has 0 radical (unpaired) electrons. The van der Waals surface area contributed by atoms with Crippen LogP contribution in [0.5, 0.6) is 0 Å². The first-order valence-corrected chi connectivity index (χ1v) is 6.31. The van der Waals surface area contributed by atoms with E-state index in [1.54, 1.807) is 7.05 Å². The van der Waals surface area contributed by atoms with Crippen molar-refractivity contribution in [3.8, 4) is 0 Å². The fourth-order valence-electron chi connectivity index (χ4n) is 1.55. The molecule has 0 aliphatic heterocycles. The lowest BCUT2D eigenvalue weighted by Crippen LogP contribution is -2.23. The summed E-state index contributed by atoms with van der Waals surface area (Å²) in [5.41, 5.74) is -0.113. The Bertz CT molecular complexity index is 395. The lowest BCUT2D eigenvalue weighted by atomic mass is 10.0. The van der Waals surface area contributed by atoms with Crippen LogP contribution in [0.1, 0.15) is 24.1 Å². The van der Waals surface area contributed by atoms with Crippen molar-refractivity contribution in [1.82, 2.24) is 5.32 Å². The van der Waals surface area contributed by atoms with Gasteiger partial charge in [-0.1, -0.05) is 15.9 Å². The van der Waals surface area contributed by atoms with Crippen molar-refractivity contribution in [1.29, 1.82) is 0 Å². The second kappa shape index (κ2) is 6.54. The van der Waals surface area contributed by atoms with Gasteiger partial charge in [-0.15, -0.1) is 0 Å². The average Bonchev–Trinajstić information content (AvgIpc) is 2.30. The molecule has 0 bridgehead atoms. The van der Waals surface area contributed by atoms with E-state index in [1.165, 1.54) is 6.07 Å². The van der Waals surface area contributed by atoms with Crippen molar-refractivity contribution >= 4 is 15.9 Å². The minimum absolute atomic E-state index is 0.276. The minimum atomic E-state index is -4.33. The first-order valence-electron chi connectivity index (χ1n) is 5.51. The number of ether oxygens (including phenoxy) is 1. The van der Waals surface area contributed by atoms with Crippen molar-refractivity contribution < 1.29 is 17.9 Å². The lowest BCUT2D eigenvalue weighted by Gasteiger charge is -2.19. The number of likely N-dealkylation sites (N-methyl/N-ethyl adjacent to an activating group) is 1. The molecule has 0 heterocycles. The molecule has 2 nitrogen and oxygen atoms in total. The zero-order chi connectivity index (χ0) is 13.8. The molecular formula is C12H15BrF3NO. The van der Waals surface area contributed by atoms with Crippen LogP contribution < -0.4 is 5.32 Å². The number of rotatable bonds is 5. The Morgan fingerprint density at radius 1 is 1.39 bits per heavy atom. The molecule has 1 aromatic carbocycles. The molecule has 1 rings (SSSR count). The average molecular weight is 326 g/mol. The van der Waals surface area contributed by atoms with E-state index in [2.05, 4.69) is 21.2 Å². The highest BCUT2D eigenvalue weighted by atomic mass is 79.9. The molecule has 0 aliphatic rings. The number of benzene rings is 1. The highest BCUT2D eigenvalue weighted by molar-refractivity contribution is 9.10. The number of nitrogens with one attached hydrogen (secondary N) is 1. The molecular weight excluding hydrogens is 311 g/mol. The smallest absolute Gasteiger partial charge is 0.380 e. The standard InChI is InChI=1S/C12H15BrF3NO/c1-3-18-7-11(17-2)9-6-8(12(14,15)16)4-5-10(9)13/h4-6,11,17H,3,7H2,1-2H3. The fraction of sp³-hybridized carbons (Fsp3) is 0.500. The van der Waals surface area contributed by atoms with Gasteiger partial charge in [0.2, 0.25) is 0 Å².